The number of rotatable bonds is 11. The predicted molar refractivity (Wildman–Crippen MR) is 146 cm³/mol. The Morgan fingerprint density at radius 2 is 1.68 bits per heavy atom. The van der Waals surface area contributed by atoms with E-state index in [2.05, 4.69) is 0 Å². The van der Waals surface area contributed by atoms with E-state index in [1.807, 2.05) is 48.5 Å². The number of amides is 1. The molecule has 1 amide bonds. The summed E-state index contributed by atoms with van der Waals surface area (Å²) in [6.45, 7) is 4.70. The van der Waals surface area contributed by atoms with Crippen LogP contribution < -0.4 is 0 Å². The number of likely N-dealkylation sites (tertiary alicyclic amines) is 1. The van der Waals surface area contributed by atoms with Crippen molar-refractivity contribution in [2.45, 2.75) is 70.0 Å². The summed E-state index contributed by atoms with van der Waals surface area (Å²) >= 11 is 0. The van der Waals surface area contributed by atoms with E-state index in [9.17, 15) is 18.9 Å². The highest BCUT2D eigenvalue weighted by molar-refractivity contribution is 7.55. The van der Waals surface area contributed by atoms with Crippen molar-refractivity contribution >= 4 is 25.4 Å². The lowest BCUT2D eigenvalue weighted by Crippen LogP contribution is -2.79. The van der Waals surface area contributed by atoms with Gasteiger partial charge in [-0.05, 0) is 31.4 Å². The molecular formula is C29H35N2O9P. The molecule has 0 bridgehead atoms. The zero-order chi connectivity index (χ0) is 29.2. The van der Waals surface area contributed by atoms with Crippen LogP contribution in [0.5, 0.6) is 0 Å². The number of hydrogen-bond acceptors (Lipinski definition) is 10. The Morgan fingerprint density at radius 1 is 1.05 bits per heavy atom. The highest BCUT2D eigenvalue weighted by Gasteiger charge is 2.69. The first-order chi connectivity index (χ1) is 19.7. The second-order valence-electron chi connectivity index (χ2n) is 10.1. The molecular weight excluding hydrogens is 551 g/mol. The Labute approximate surface area is 239 Å². The quantitative estimate of drug-likeness (QED) is 0.217. The van der Waals surface area contributed by atoms with E-state index in [1.54, 1.807) is 30.9 Å². The maximum atomic E-state index is 14.1. The van der Waals surface area contributed by atoms with Crippen LogP contribution in [0, 0.1) is 0 Å². The van der Waals surface area contributed by atoms with Crippen molar-refractivity contribution in [3.63, 3.8) is 0 Å². The van der Waals surface area contributed by atoms with E-state index in [0.29, 0.717) is 6.42 Å². The van der Waals surface area contributed by atoms with Crippen molar-refractivity contribution in [3.05, 3.63) is 71.8 Å². The molecule has 12 heteroatoms. The lowest BCUT2D eigenvalue weighted by atomic mass is 9.82. The van der Waals surface area contributed by atoms with Gasteiger partial charge >= 0.3 is 19.5 Å². The minimum atomic E-state index is -4.17. The third kappa shape index (κ3) is 5.45. The van der Waals surface area contributed by atoms with Gasteiger partial charge in [0.05, 0.1) is 31.9 Å². The molecule has 0 radical (unpaired) electrons. The normalized spacial score (nSPS) is 26.5. The van der Waals surface area contributed by atoms with Crippen LogP contribution in [0.15, 0.2) is 60.7 Å². The summed E-state index contributed by atoms with van der Waals surface area (Å²) in [5, 5.41) is 0. The van der Waals surface area contributed by atoms with Gasteiger partial charge in [0.1, 0.15) is 12.6 Å². The van der Waals surface area contributed by atoms with Crippen LogP contribution in [-0.2, 0) is 48.8 Å². The molecule has 220 valence electrons. The molecule has 3 fully saturated rings. The van der Waals surface area contributed by atoms with Gasteiger partial charge in [0.2, 0.25) is 11.7 Å². The van der Waals surface area contributed by atoms with Crippen LogP contribution in [0.1, 0.15) is 50.8 Å². The van der Waals surface area contributed by atoms with Crippen LogP contribution in [-0.4, -0.2) is 71.2 Å². The zero-order valence-electron chi connectivity index (χ0n) is 23.3. The zero-order valence-corrected chi connectivity index (χ0v) is 24.2. The molecule has 1 unspecified atom stereocenters. The molecule has 0 N–H and O–H groups in total. The Morgan fingerprint density at radius 3 is 2.29 bits per heavy atom. The average Bonchev–Trinajstić information content (AvgIpc) is 3.32. The van der Waals surface area contributed by atoms with Crippen molar-refractivity contribution in [1.29, 1.82) is 0 Å². The van der Waals surface area contributed by atoms with Crippen molar-refractivity contribution in [3.8, 4) is 0 Å². The molecule has 0 aliphatic carbocycles. The molecule has 3 saturated heterocycles. The fourth-order valence-corrected chi connectivity index (χ4v) is 8.02. The smallest absolute Gasteiger partial charge is 0.364 e. The molecule has 41 heavy (non-hydrogen) atoms. The third-order valence-electron chi connectivity index (χ3n) is 7.58. The number of carbonyl (C=O) groups is 3. The van der Waals surface area contributed by atoms with Gasteiger partial charge in [0.25, 0.3) is 5.91 Å². The van der Waals surface area contributed by atoms with Crippen molar-refractivity contribution in [2.24, 2.45) is 0 Å². The Bertz CT molecular complexity index is 1300. The van der Waals surface area contributed by atoms with E-state index in [4.69, 9.17) is 23.3 Å². The number of benzene rings is 2. The van der Waals surface area contributed by atoms with Crippen molar-refractivity contribution < 1.29 is 42.2 Å². The maximum absolute atomic E-state index is 14.1. The predicted octanol–water partition coefficient (Wildman–Crippen LogP) is 3.99. The number of piperidine rings is 1. The van der Waals surface area contributed by atoms with E-state index < -0.39 is 49.2 Å². The lowest BCUT2D eigenvalue weighted by Gasteiger charge is -2.59. The third-order valence-corrected chi connectivity index (χ3v) is 9.88. The first-order valence-electron chi connectivity index (χ1n) is 13.8. The van der Waals surface area contributed by atoms with E-state index in [0.717, 1.165) is 11.1 Å². The number of esters is 2. The van der Waals surface area contributed by atoms with Crippen LogP contribution in [0.4, 0.5) is 0 Å². The number of hydrogen-bond donors (Lipinski definition) is 0. The van der Waals surface area contributed by atoms with Gasteiger partial charge in [-0.3, -0.25) is 14.2 Å². The van der Waals surface area contributed by atoms with Gasteiger partial charge in [-0.15, -0.1) is 0 Å². The van der Waals surface area contributed by atoms with E-state index >= 15 is 0 Å². The molecule has 3 heterocycles. The van der Waals surface area contributed by atoms with Crippen LogP contribution >= 0.6 is 7.60 Å². The molecule has 5 rings (SSSR count). The molecule has 2 aromatic rings. The molecule has 0 spiro atoms. The number of ether oxygens (including phenoxy) is 3. The molecule has 5 atom stereocenters. The summed E-state index contributed by atoms with van der Waals surface area (Å²) in [5.74, 6) is -4.91. The first kappa shape index (κ1) is 29.4. The molecule has 11 nitrogen and oxygen atoms in total. The monoisotopic (exact) mass is 586 g/mol. The number of carbonyl (C=O) groups excluding carboxylic acids is 3. The van der Waals surface area contributed by atoms with Gasteiger partial charge in [-0.2, -0.15) is 0 Å². The number of β-lactam (4-membered cyclic amide) rings is 1. The average molecular weight is 587 g/mol. The maximum Gasteiger partial charge on any atom is 0.364 e. The molecule has 2 aromatic carbocycles. The van der Waals surface area contributed by atoms with E-state index in [1.165, 1.54) is 11.8 Å². The van der Waals surface area contributed by atoms with Gasteiger partial charge in [0.15, 0.2) is 0 Å². The van der Waals surface area contributed by atoms with Gasteiger partial charge in [0, 0.05) is 13.3 Å². The van der Waals surface area contributed by atoms with Crippen molar-refractivity contribution in [2.75, 3.05) is 19.8 Å². The van der Waals surface area contributed by atoms with Crippen LogP contribution in [0.2, 0.25) is 0 Å². The second-order valence-corrected chi connectivity index (χ2v) is 12.2. The number of fused-ring (bicyclic) bond motifs is 3. The van der Waals surface area contributed by atoms with Gasteiger partial charge in [-0.25, -0.2) is 9.69 Å². The topological polar surface area (TPSA) is 121 Å². The molecule has 3 aliphatic rings. The molecule has 3 aliphatic heterocycles. The summed E-state index contributed by atoms with van der Waals surface area (Å²) in [7, 11) is -4.17. The molecule has 0 aromatic heterocycles. The Balaban J connectivity index is 1.48. The van der Waals surface area contributed by atoms with Crippen molar-refractivity contribution in [1.82, 2.24) is 9.80 Å². The highest BCUT2D eigenvalue weighted by Crippen LogP contribution is 2.59. The van der Waals surface area contributed by atoms with Crippen LogP contribution in [0.25, 0.3) is 0 Å². The fourth-order valence-electron chi connectivity index (χ4n) is 6.02. The SMILES string of the molecule is CCOP(=O)(OCC)[C@H](C(=O)OCc1ccccc1)N1C(=O)[C@@H]2[C@H]1CCC1(OC(C)=O)OC[C@H](c3ccccc3)N21. The Hall–Kier alpha value is -3.08. The lowest BCUT2D eigenvalue weighted by molar-refractivity contribution is -0.299. The molecule has 0 saturated carbocycles. The standard InChI is InChI=1S/C29H35N2O9P/c1-4-38-41(35,39-5-2)27(28(34)36-18-21-12-8-6-9-13-21)30-23-16-17-29(40-20(3)32)31(25(23)26(30)33)24(19-37-29)22-14-10-7-11-15-22/h6-15,23-25,27H,4-5,16-19H2,1-3H3/t23-,24-,25+,27-,29?/m1/s1. The largest absolute Gasteiger partial charge is 0.459 e. The highest BCUT2D eigenvalue weighted by atomic mass is 31.2. The minimum absolute atomic E-state index is 0.00147. The number of nitrogens with zero attached hydrogens (tertiary/aromatic N) is 2. The second kappa shape index (κ2) is 12.0. The van der Waals surface area contributed by atoms with Crippen LogP contribution in [0.3, 0.4) is 0 Å². The summed E-state index contributed by atoms with van der Waals surface area (Å²) in [4.78, 5) is 42.9. The van der Waals surface area contributed by atoms with Gasteiger partial charge in [-0.1, -0.05) is 60.7 Å². The Kier molecular flexibility index (Phi) is 8.63. The summed E-state index contributed by atoms with van der Waals surface area (Å²) in [5.41, 5.74) is 1.63. The van der Waals surface area contributed by atoms with E-state index in [-0.39, 0.29) is 38.9 Å². The summed E-state index contributed by atoms with van der Waals surface area (Å²) in [6.07, 6.45) is 0.558. The van der Waals surface area contributed by atoms with Gasteiger partial charge < -0.3 is 28.2 Å². The minimum Gasteiger partial charge on any atom is -0.459 e. The summed E-state index contributed by atoms with van der Waals surface area (Å²) < 4.78 is 42.7. The summed E-state index contributed by atoms with van der Waals surface area (Å²) in [6, 6.07) is 16.8. The first-order valence-corrected chi connectivity index (χ1v) is 15.4. The fraction of sp³-hybridized carbons (Fsp3) is 0.483.